The number of anilines is 2. The summed E-state index contributed by atoms with van der Waals surface area (Å²) in [6.07, 6.45) is 5.06. The van der Waals surface area contributed by atoms with Crippen molar-refractivity contribution in [3.8, 4) is 0 Å². The van der Waals surface area contributed by atoms with E-state index in [9.17, 15) is 17.6 Å². The number of aryl methyl sites for hydroxylation is 1. The number of halogens is 2. The van der Waals surface area contributed by atoms with E-state index < -0.39 is 15.8 Å². The van der Waals surface area contributed by atoms with Gasteiger partial charge in [0.2, 0.25) is 5.91 Å². The van der Waals surface area contributed by atoms with E-state index in [1.54, 1.807) is 25.1 Å². The van der Waals surface area contributed by atoms with Crippen molar-refractivity contribution in [1.29, 1.82) is 0 Å². The van der Waals surface area contributed by atoms with Gasteiger partial charge in [0.1, 0.15) is 21.4 Å². The number of thiophene rings is 1. The Kier molecular flexibility index (Phi) is 5.87. The average Bonchev–Trinajstić information content (AvgIpc) is 3.36. The monoisotopic (exact) mass is 481 g/mol. The Bertz CT molecular complexity index is 1280. The molecule has 1 fully saturated rings. The number of hydrogen-bond acceptors (Lipinski definition) is 6. The Morgan fingerprint density at radius 2 is 2.06 bits per heavy atom. The first kappa shape index (κ1) is 21.5. The minimum Gasteiger partial charge on any atom is -0.354 e. The number of carbonyl (C=O) groups is 1. The van der Waals surface area contributed by atoms with Crippen molar-refractivity contribution >= 4 is 62.4 Å². The molecule has 2 N–H and O–H groups in total. The molecule has 1 saturated carbocycles. The van der Waals surface area contributed by atoms with Gasteiger partial charge in [0.25, 0.3) is 10.0 Å². The number of benzene rings is 1. The van der Waals surface area contributed by atoms with Gasteiger partial charge < -0.3 is 9.84 Å². The molecule has 0 atom stereocenters. The molecule has 1 aromatic carbocycles. The van der Waals surface area contributed by atoms with Crippen LogP contribution in [0, 0.1) is 18.7 Å². The molecule has 1 aliphatic carbocycles. The van der Waals surface area contributed by atoms with Gasteiger partial charge in [0.15, 0.2) is 5.76 Å². The van der Waals surface area contributed by atoms with Crippen molar-refractivity contribution in [1.82, 2.24) is 5.16 Å². The third-order valence-electron chi connectivity index (χ3n) is 4.52. The third-order valence-corrected chi connectivity index (χ3v) is 7.74. The van der Waals surface area contributed by atoms with Crippen LogP contribution in [0.25, 0.3) is 12.2 Å². The standard InChI is InChI=1S/C20H17ClFN3O4S2/c1-11-19(23-20(26)12-2-3-12)17(29-24-11)8-5-14-6-9-18(30-14)31(27,28)25-13-4-7-16(22)15(21)10-13/h4-10,12,25H,2-3H2,1H3,(H,23,26)/b8-5+. The Balaban J connectivity index is 1.49. The molecule has 1 aliphatic rings. The van der Waals surface area contributed by atoms with Crippen LogP contribution in [0.4, 0.5) is 15.8 Å². The lowest BCUT2D eigenvalue weighted by Gasteiger charge is -2.06. The van der Waals surface area contributed by atoms with Crippen LogP contribution in [0.5, 0.6) is 0 Å². The number of amides is 1. The maximum Gasteiger partial charge on any atom is 0.271 e. The molecule has 162 valence electrons. The van der Waals surface area contributed by atoms with Crippen LogP contribution in [-0.2, 0) is 14.8 Å². The van der Waals surface area contributed by atoms with Gasteiger partial charge >= 0.3 is 0 Å². The van der Waals surface area contributed by atoms with E-state index in [0.717, 1.165) is 30.2 Å². The van der Waals surface area contributed by atoms with Crippen molar-refractivity contribution in [2.45, 2.75) is 24.0 Å². The molecule has 31 heavy (non-hydrogen) atoms. The van der Waals surface area contributed by atoms with Crippen LogP contribution in [0.2, 0.25) is 5.02 Å². The minimum absolute atomic E-state index is 0.0414. The molecular formula is C20H17ClFN3O4S2. The summed E-state index contributed by atoms with van der Waals surface area (Å²) in [7, 11) is -3.87. The summed E-state index contributed by atoms with van der Waals surface area (Å²) < 4.78 is 46.2. The maximum atomic E-state index is 13.3. The number of nitrogens with one attached hydrogen (secondary N) is 2. The summed E-state index contributed by atoms with van der Waals surface area (Å²) in [5, 5.41) is 6.54. The quantitative estimate of drug-likeness (QED) is 0.485. The van der Waals surface area contributed by atoms with E-state index in [1.807, 2.05) is 0 Å². The Labute approximate surface area is 187 Å². The summed E-state index contributed by atoms with van der Waals surface area (Å²) in [6, 6.07) is 6.67. The molecule has 0 bridgehead atoms. The number of aromatic nitrogens is 1. The van der Waals surface area contributed by atoms with Crippen LogP contribution >= 0.6 is 22.9 Å². The highest BCUT2D eigenvalue weighted by atomic mass is 35.5. The van der Waals surface area contributed by atoms with Crippen LogP contribution < -0.4 is 10.0 Å². The second-order valence-corrected chi connectivity index (χ2v) is 10.4. The van der Waals surface area contributed by atoms with Gasteiger partial charge in [-0.2, -0.15) is 0 Å². The van der Waals surface area contributed by atoms with Crippen LogP contribution in [0.1, 0.15) is 29.2 Å². The molecule has 0 aliphatic heterocycles. The first-order valence-corrected chi connectivity index (χ1v) is 11.9. The van der Waals surface area contributed by atoms with Crippen molar-refractivity contribution in [2.75, 3.05) is 10.0 Å². The number of hydrogen-bond donors (Lipinski definition) is 2. The van der Waals surface area contributed by atoms with E-state index in [0.29, 0.717) is 22.0 Å². The first-order chi connectivity index (χ1) is 14.7. The molecule has 3 aromatic rings. The number of carbonyl (C=O) groups excluding carboxylic acids is 1. The second kappa shape index (κ2) is 8.45. The van der Waals surface area contributed by atoms with Crippen LogP contribution in [0.15, 0.2) is 39.1 Å². The van der Waals surface area contributed by atoms with Crippen LogP contribution in [-0.4, -0.2) is 19.5 Å². The van der Waals surface area contributed by atoms with Gasteiger partial charge in [-0.3, -0.25) is 9.52 Å². The van der Waals surface area contributed by atoms with Gasteiger partial charge in [-0.05, 0) is 62.2 Å². The predicted molar refractivity (Wildman–Crippen MR) is 118 cm³/mol. The molecule has 4 rings (SSSR count). The fourth-order valence-electron chi connectivity index (χ4n) is 2.72. The lowest BCUT2D eigenvalue weighted by atomic mass is 10.2. The molecule has 7 nitrogen and oxygen atoms in total. The highest BCUT2D eigenvalue weighted by molar-refractivity contribution is 7.94. The van der Waals surface area contributed by atoms with E-state index in [2.05, 4.69) is 15.2 Å². The van der Waals surface area contributed by atoms with Gasteiger partial charge in [0, 0.05) is 10.8 Å². The molecule has 0 saturated heterocycles. The van der Waals surface area contributed by atoms with Gasteiger partial charge in [-0.15, -0.1) is 11.3 Å². The van der Waals surface area contributed by atoms with Crippen molar-refractivity contribution in [3.63, 3.8) is 0 Å². The smallest absolute Gasteiger partial charge is 0.271 e. The van der Waals surface area contributed by atoms with Gasteiger partial charge in [-0.25, -0.2) is 12.8 Å². The molecule has 0 spiro atoms. The third kappa shape index (κ3) is 4.97. The first-order valence-electron chi connectivity index (χ1n) is 9.26. The summed E-state index contributed by atoms with van der Waals surface area (Å²) in [5.74, 6) is -0.274. The largest absolute Gasteiger partial charge is 0.354 e. The number of rotatable bonds is 7. The molecule has 1 amide bonds. The predicted octanol–water partition coefficient (Wildman–Crippen LogP) is 5.16. The van der Waals surface area contributed by atoms with Gasteiger partial charge in [0.05, 0.1) is 10.7 Å². The highest BCUT2D eigenvalue weighted by Gasteiger charge is 2.30. The molecular weight excluding hydrogens is 465 g/mol. The second-order valence-electron chi connectivity index (χ2n) is 7.00. The molecule has 2 aromatic heterocycles. The number of sulfonamides is 1. The fraction of sp³-hybridized carbons (Fsp3) is 0.200. The van der Waals surface area contributed by atoms with E-state index in [4.69, 9.17) is 16.1 Å². The highest BCUT2D eigenvalue weighted by Crippen LogP contribution is 2.32. The zero-order valence-corrected chi connectivity index (χ0v) is 18.6. The molecule has 2 heterocycles. The summed E-state index contributed by atoms with van der Waals surface area (Å²) in [5.41, 5.74) is 1.22. The Hall–Kier alpha value is -2.69. The fourth-order valence-corrected chi connectivity index (χ4v) is 5.17. The van der Waals surface area contributed by atoms with Crippen LogP contribution in [0.3, 0.4) is 0 Å². The average molecular weight is 482 g/mol. The molecule has 0 radical (unpaired) electrons. The SMILES string of the molecule is Cc1noc(/C=C/c2ccc(S(=O)(=O)Nc3ccc(F)c(Cl)c3)s2)c1NC(=O)C1CC1. The summed E-state index contributed by atoms with van der Waals surface area (Å²) in [6.45, 7) is 1.73. The zero-order valence-electron chi connectivity index (χ0n) is 16.2. The van der Waals surface area contributed by atoms with Crippen molar-refractivity contribution in [2.24, 2.45) is 5.92 Å². The zero-order chi connectivity index (χ0) is 22.2. The lowest BCUT2D eigenvalue weighted by molar-refractivity contribution is -0.117. The van der Waals surface area contributed by atoms with E-state index in [-0.39, 0.29) is 26.7 Å². The summed E-state index contributed by atoms with van der Waals surface area (Å²) >= 11 is 6.74. The topological polar surface area (TPSA) is 101 Å². The normalized spacial score (nSPS) is 14.2. The molecule has 11 heteroatoms. The van der Waals surface area contributed by atoms with Crippen molar-refractivity contribution < 1.29 is 22.1 Å². The van der Waals surface area contributed by atoms with E-state index >= 15 is 0 Å². The molecule has 0 unspecified atom stereocenters. The Morgan fingerprint density at radius 3 is 2.77 bits per heavy atom. The Morgan fingerprint density at radius 1 is 1.29 bits per heavy atom. The van der Waals surface area contributed by atoms with Crippen molar-refractivity contribution in [3.05, 3.63) is 57.5 Å². The van der Waals surface area contributed by atoms with E-state index in [1.165, 1.54) is 18.2 Å². The minimum atomic E-state index is -3.87. The maximum absolute atomic E-state index is 13.3. The number of nitrogens with zero attached hydrogens (tertiary/aromatic N) is 1. The lowest BCUT2D eigenvalue weighted by Crippen LogP contribution is -2.14. The van der Waals surface area contributed by atoms with Gasteiger partial charge in [-0.1, -0.05) is 16.8 Å². The summed E-state index contributed by atoms with van der Waals surface area (Å²) in [4.78, 5) is 12.7.